The average Bonchev–Trinajstić information content (AvgIpc) is 3.67. The van der Waals surface area contributed by atoms with E-state index in [9.17, 15) is 14.4 Å². The highest BCUT2D eigenvalue weighted by atomic mass is 32.2. The van der Waals surface area contributed by atoms with Gasteiger partial charge in [-0.15, -0.1) is 0 Å². The van der Waals surface area contributed by atoms with Crippen LogP contribution in [0.15, 0.2) is 0 Å². The number of nitrogens with one attached hydrogen (secondary N) is 3. The number of hydrogen-bond donors (Lipinski definition) is 4. The van der Waals surface area contributed by atoms with Crippen molar-refractivity contribution >= 4 is 29.7 Å². The Labute approximate surface area is 306 Å². The van der Waals surface area contributed by atoms with E-state index in [-0.39, 0.29) is 37.0 Å². The van der Waals surface area contributed by atoms with Gasteiger partial charge in [0, 0.05) is 24.0 Å². The minimum Gasteiger partial charge on any atom is -0.481 e. The highest BCUT2D eigenvalue weighted by Crippen LogP contribution is 2.33. The molecule has 0 aromatic rings. The Bertz CT molecular complexity index is 881. The van der Waals surface area contributed by atoms with Crippen LogP contribution in [0.1, 0.15) is 32.1 Å². The van der Waals surface area contributed by atoms with Crippen LogP contribution in [-0.2, 0) is 57.0 Å². The van der Waals surface area contributed by atoms with Crippen molar-refractivity contribution in [3.8, 4) is 0 Å². The molecule has 2 saturated heterocycles. The van der Waals surface area contributed by atoms with E-state index in [1.165, 1.54) is 0 Å². The molecule has 51 heavy (non-hydrogen) atoms. The molecule has 3 amide bonds. The van der Waals surface area contributed by atoms with Gasteiger partial charge in [0.25, 0.3) is 0 Å². The van der Waals surface area contributed by atoms with Crippen LogP contribution in [0.3, 0.4) is 0 Å². The smallest absolute Gasteiger partial charge is 0.315 e. The third-order valence-corrected chi connectivity index (χ3v) is 8.97. The standard InChI is InChI=1S/C33H61N3O14S/c37-30(4-2-1-3-29-32-28(27-51-29)35-33(40)36-32)34-6-8-42-10-12-44-14-16-46-18-20-48-22-24-50-26-25-49-23-21-47-19-17-45-15-13-43-11-9-41-7-5-31(38)39/h28-29,32H,1-27H2,(H,34,37)(H,38,39)(H2,35,36,40). The van der Waals surface area contributed by atoms with Crippen LogP contribution in [0.5, 0.6) is 0 Å². The van der Waals surface area contributed by atoms with Crippen LogP contribution in [0.2, 0.25) is 0 Å². The Balaban J connectivity index is 1.15. The van der Waals surface area contributed by atoms with Crippen molar-refractivity contribution in [2.75, 3.05) is 144 Å². The fourth-order valence-electron chi connectivity index (χ4n) is 4.87. The lowest BCUT2D eigenvalue weighted by Crippen LogP contribution is -2.36. The SMILES string of the molecule is O=C(O)CCOCCOCCOCCOCCOCCOCCOCCOCCOCCOCCNC(=O)CCCCC1SCC2NC(=O)NC21. The quantitative estimate of drug-likeness (QED) is 0.0501. The van der Waals surface area contributed by atoms with Gasteiger partial charge >= 0.3 is 12.0 Å². The van der Waals surface area contributed by atoms with Crippen molar-refractivity contribution in [3.63, 3.8) is 0 Å². The summed E-state index contributed by atoms with van der Waals surface area (Å²) in [5, 5.41) is 17.8. The number of carboxylic acid groups (broad SMARTS) is 1. The summed E-state index contributed by atoms with van der Waals surface area (Å²) in [5.74, 6) is 0.117. The lowest BCUT2D eigenvalue weighted by molar-refractivity contribution is -0.138. The number of carbonyl (C=O) groups is 3. The van der Waals surface area contributed by atoms with Gasteiger partial charge in [0.05, 0.1) is 151 Å². The molecule has 2 aliphatic heterocycles. The normalized spacial score (nSPS) is 18.1. The van der Waals surface area contributed by atoms with E-state index in [0.29, 0.717) is 144 Å². The molecule has 17 nitrogen and oxygen atoms in total. The maximum Gasteiger partial charge on any atom is 0.315 e. The molecular formula is C33H61N3O14S. The highest BCUT2D eigenvalue weighted by Gasteiger charge is 2.42. The first-order valence-corrected chi connectivity index (χ1v) is 19.1. The number of hydrogen-bond acceptors (Lipinski definition) is 14. The van der Waals surface area contributed by atoms with Crippen molar-refractivity contribution < 1.29 is 66.9 Å². The zero-order chi connectivity index (χ0) is 36.5. The zero-order valence-corrected chi connectivity index (χ0v) is 30.8. The van der Waals surface area contributed by atoms with Crippen LogP contribution in [0.4, 0.5) is 4.79 Å². The van der Waals surface area contributed by atoms with Crippen LogP contribution >= 0.6 is 11.8 Å². The van der Waals surface area contributed by atoms with E-state index >= 15 is 0 Å². The number of carboxylic acids is 1. The predicted molar refractivity (Wildman–Crippen MR) is 187 cm³/mol. The van der Waals surface area contributed by atoms with Crippen LogP contribution < -0.4 is 16.0 Å². The Hall–Kier alpha value is -1.84. The van der Waals surface area contributed by atoms with Gasteiger partial charge in [-0.3, -0.25) is 9.59 Å². The van der Waals surface area contributed by atoms with Gasteiger partial charge in [0.1, 0.15) is 0 Å². The number of rotatable bonds is 38. The van der Waals surface area contributed by atoms with Crippen molar-refractivity contribution in [2.45, 2.75) is 49.4 Å². The third-order valence-electron chi connectivity index (χ3n) is 7.46. The maximum absolute atomic E-state index is 12.0. The van der Waals surface area contributed by atoms with Crippen molar-refractivity contribution in [1.29, 1.82) is 0 Å². The summed E-state index contributed by atoms with van der Waals surface area (Å²) in [7, 11) is 0. The minimum absolute atomic E-state index is 0.00685. The molecule has 2 fully saturated rings. The number of fused-ring (bicyclic) bond motifs is 1. The fraction of sp³-hybridized carbons (Fsp3) is 0.909. The minimum atomic E-state index is -0.878. The van der Waals surface area contributed by atoms with Crippen molar-refractivity contribution in [1.82, 2.24) is 16.0 Å². The second kappa shape index (κ2) is 32.8. The molecule has 2 rings (SSSR count). The second-order valence-corrected chi connectivity index (χ2v) is 12.8. The molecule has 0 spiro atoms. The van der Waals surface area contributed by atoms with Gasteiger partial charge in [0.2, 0.25) is 5.91 Å². The first-order chi connectivity index (χ1) is 25.1. The van der Waals surface area contributed by atoms with E-state index < -0.39 is 5.97 Å². The summed E-state index contributed by atoms with van der Waals surface area (Å²) in [5.41, 5.74) is 0. The summed E-state index contributed by atoms with van der Waals surface area (Å²) in [6.07, 6.45) is 3.31. The van der Waals surface area contributed by atoms with Gasteiger partial charge in [-0.05, 0) is 12.8 Å². The number of carbonyl (C=O) groups excluding carboxylic acids is 2. The molecule has 0 radical (unpaired) electrons. The average molecular weight is 756 g/mol. The maximum atomic E-state index is 12.0. The van der Waals surface area contributed by atoms with E-state index in [1.807, 2.05) is 11.8 Å². The summed E-state index contributed by atoms with van der Waals surface area (Å²) >= 11 is 1.90. The topological polar surface area (TPSA) is 200 Å². The lowest BCUT2D eigenvalue weighted by Gasteiger charge is -2.16. The number of amides is 3. The van der Waals surface area contributed by atoms with E-state index in [1.54, 1.807) is 0 Å². The Kier molecular flexibility index (Phi) is 29.1. The van der Waals surface area contributed by atoms with Crippen LogP contribution in [0.25, 0.3) is 0 Å². The molecule has 0 aliphatic carbocycles. The predicted octanol–water partition coefficient (Wildman–Crippen LogP) is 0.469. The first-order valence-electron chi connectivity index (χ1n) is 18.0. The molecule has 4 N–H and O–H groups in total. The number of aliphatic carboxylic acids is 1. The number of thioether (sulfide) groups is 1. The molecule has 3 atom stereocenters. The second-order valence-electron chi connectivity index (χ2n) is 11.5. The number of urea groups is 1. The monoisotopic (exact) mass is 755 g/mol. The fourth-order valence-corrected chi connectivity index (χ4v) is 6.41. The van der Waals surface area contributed by atoms with Crippen LogP contribution in [0, 0.1) is 0 Å². The summed E-state index contributed by atoms with van der Waals surface area (Å²) in [6.45, 7) is 9.38. The lowest BCUT2D eigenvalue weighted by atomic mass is 10.0. The van der Waals surface area contributed by atoms with Gasteiger partial charge in [-0.2, -0.15) is 11.8 Å². The van der Waals surface area contributed by atoms with E-state index in [4.69, 9.17) is 52.5 Å². The van der Waals surface area contributed by atoms with Crippen molar-refractivity contribution in [2.24, 2.45) is 0 Å². The molecule has 0 aromatic heterocycles. The summed E-state index contributed by atoms with van der Waals surface area (Å²) in [6, 6.07) is 0.398. The third kappa shape index (κ3) is 26.6. The van der Waals surface area contributed by atoms with E-state index in [0.717, 1.165) is 25.0 Å². The zero-order valence-electron chi connectivity index (χ0n) is 30.0. The summed E-state index contributed by atoms with van der Waals surface area (Å²) in [4.78, 5) is 33.8. The molecular weight excluding hydrogens is 694 g/mol. The molecule has 18 heteroatoms. The number of ether oxygens (including phenoxy) is 10. The van der Waals surface area contributed by atoms with Crippen LogP contribution in [-0.4, -0.2) is 185 Å². The van der Waals surface area contributed by atoms with E-state index in [2.05, 4.69) is 16.0 Å². The Morgan fingerprint density at radius 3 is 1.43 bits per heavy atom. The highest BCUT2D eigenvalue weighted by molar-refractivity contribution is 8.00. The molecule has 0 aromatic carbocycles. The van der Waals surface area contributed by atoms with Gasteiger partial charge < -0.3 is 68.4 Å². The molecule has 2 aliphatic rings. The van der Waals surface area contributed by atoms with Crippen molar-refractivity contribution in [3.05, 3.63) is 0 Å². The molecule has 0 saturated carbocycles. The summed E-state index contributed by atoms with van der Waals surface area (Å²) < 4.78 is 54.1. The van der Waals surface area contributed by atoms with Gasteiger partial charge in [-0.25, -0.2) is 4.79 Å². The Morgan fingerprint density at radius 1 is 0.588 bits per heavy atom. The molecule has 298 valence electrons. The Morgan fingerprint density at radius 2 is 1.00 bits per heavy atom. The molecule has 3 unspecified atom stereocenters. The number of unbranched alkanes of at least 4 members (excludes halogenated alkanes) is 1. The largest absolute Gasteiger partial charge is 0.481 e. The van der Waals surface area contributed by atoms with Gasteiger partial charge in [-0.1, -0.05) is 6.42 Å². The first kappa shape index (κ1) is 45.3. The van der Waals surface area contributed by atoms with Gasteiger partial charge in [0.15, 0.2) is 0 Å². The molecule has 2 heterocycles. The molecule has 0 bridgehead atoms.